The summed E-state index contributed by atoms with van der Waals surface area (Å²) in [4.78, 5) is 29.8. The van der Waals surface area contributed by atoms with Crippen molar-refractivity contribution in [1.82, 2.24) is 19.6 Å². The number of carbonyl (C=O) groups is 2. The number of hydrogen-bond acceptors (Lipinski definition) is 6. The van der Waals surface area contributed by atoms with Crippen LogP contribution in [0.2, 0.25) is 0 Å². The highest BCUT2D eigenvalue weighted by atomic mass is 19.4. The van der Waals surface area contributed by atoms with Crippen molar-refractivity contribution < 1.29 is 68.6 Å². The lowest BCUT2D eigenvalue weighted by Gasteiger charge is -2.20. The second-order valence-electron chi connectivity index (χ2n) is 5.78. The van der Waals surface area contributed by atoms with Crippen LogP contribution in [0.25, 0.3) is 0 Å². The molecule has 21 heteroatoms. The van der Waals surface area contributed by atoms with Gasteiger partial charge in [-0.15, -0.1) is 0 Å². The number of aryl methyl sites for hydroxylation is 1. The van der Waals surface area contributed by atoms with Crippen LogP contribution in [-0.2, 0) is 19.0 Å². The highest BCUT2D eigenvalue weighted by Crippen LogP contribution is 2.47. The summed E-state index contributed by atoms with van der Waals surface area (Å²) in [7, 11) is 0.701. The molecule has 0 spiro atoms. The van der Waals surface area contributed by atoms with Gasteiger partial charge in [-0.1, -0.05) is 0 Å². The molecule has 2 N–H and O–H groups in total. The average molecular weight is 519 g/mol. The third-order valence-electron chi connectivity index (χ3n) is 3.53. The highest BCUT2D eigenvalue weighted by molar-refractivity contribution is 5.91. The smallest absolute Gasteiger partial charge is 0.477 e. The fourth-order valence-corrected chi connectivity index (χ4v) is 2.08. The van der Waals surface area contributed by atoms with E-state index in [1.807, 2.05) is 0 Å². The predicted molar refractivity (Wildman–Crippen MR) is 82.2 cm³/mol. The summed E-state index contributed by atoms with van der Waals surface area (Å²) in [5.41, 5.74) is -6.76. The van der Waals surface area contributed by atoms with Crippen LogP contribution in [0.15, 0.2) is 12.3 Å². The van der Waals surface area contributed by atoms with Gasteiger partial charge in [-0.25, -0.2) is 9.59 Å². The van der Waals surface area contributed by atoms with Gasteiger partial charge in [0.15, 0.2) is 5.69 Å². The Hall–Kier alpha value is -3.94. The van der Waals surface area contributed by atoms with Gasteiger partial charge in [-0.2, -0.15) is 58.8 Å². The molecule has 0 aliphatic carbocycles. The Morgan fingerprint density at radius 2 is 1.47 bits per heavy atom. The topological polar surface area (TPSA) is 153 Å². The molecule has 0 saturated heterocycles. The van der Waals surface area contributed by atoms with Crippen LogP contribution in [0.1, 0.15) is 26.7 Å². The molecule has 0 unspecified atom stereocenters. The number of alkyl halides is 10. The van der Waals surface area contributed by atoms with Crippen LogP contribution >= 0.6 is 0 Å². The van der Waals surface area contributed by atoms with Crippen molar-refractivity contribution >= 4 is 17.6 Å². The van der Waals surface area contributed by atoms with Crippen molar-refractivity contribution in [1.29, 1.82) is 0 Å². The van der Waals surface area contributed by atoms with Crippen LogP contribution in [0.4, 0.5) is 49.6 Å². The first kappa shape index (κ1) is 28.1. The molecule has 2 aromatic rings. The number of aromatic carboxylic acids is 2. The summed E-state index contributed by atoms with van der Waals surface area (Å²) in [5, 5.41) is 32.7. The number of carboxylic acids is 2. The normalized spacial score (nSPS) is 12.7. The zero-order valence-electron chi connectivity index (χ0n) is 15.7. The zero-order valence-corrected chi connectivity index (χ0v) is 15.7. The van der Waals surface area contributed by atoms with Crippen LogP contribution in [0.5, 0.6) is 0 Å². The van der Waals surface area contributed by atoms with Gasteiger partial charge >= 0.3 is 41.9 Å². The number of aromatic nitrogens is 4. The number of nitro groups is 1. The van der Waals surface area contributed by atoms with E-state index in [0.29, 0.717) is 19.3 Å². The second kappa shape index (κ2) is 8.78. The lowest BCUT2D eigenvalue weighted by molar-refractivity contribution is -0.390. The molecule has 11 nitrogen and oxygen atoms in total. The maximum Gasteiger partial charge on any atom is 0.477 e. The summed E-state index contributed by atoms with van der Waals surface area (Å²) in [6, 6.07) is -4.80. The molecule has 0 aliphatic rings. The number of carboxylic acid groups (broad SMARTS) is 2. The van der Waals surface area contributed by atoms with Crippen molar-refractivity contribution in [3.63, 3.8) is 0 Å². The van der Waals surface area contributed by atoms with Crippen LogP contribution in [0.3, 0.4) is 0 Å². The molecule has 2 rings (SSSR count). The highest BCUT2D eigenvalue weighted by Gasteiger charge is 2.64. The Labute approximate surface area is 177 Å². The molecule has 0 amide bonds. The molecule has 0 fully saturated rings. The van der Waals surface area contributed by atoms with E-state index in [4.69, 9.17) is 10.2 Å². The monoisotopic (exact) mass is 519 g/mol. The first-order valence-corrected chi connectivity index (χ1v) is 7.71. The lowest BCUT2D eigenvalue weighted by Crippen LogP contribution is -2.41. The Morgan fingerprint density at radius 1 is 0.971 bits per heavy atom. The van der Waals surface area contributed by atoms with Gasteiger partial charge in [0.25, 0.3) is 0 Å². The molecule has 2 heterocycles. The van der Waals surface area contributed by atoms with Crippen molar-refractivity contribution in [2.45, 2.75) is 24.3 Å². The first-order chi connectivity index (χ1) is 15.1. The van der Waals surface area contributed by atoms with Gasteiger partial charge in [0.05, 0.1) is 11.1 Å². The van der Waals surface area contributed by atoms with Gasteiger partial charge < -0.3 is 10.2 Å². The second-order valence-corrected chi connectivity index (χ2v) is 5.78. The predicted octanol–water partition coefficient (Wildman–Crippen LogP) is 3.37. The number of hydrogen-bond donors (Lipinski definition) is 2. The van der Waals surface area contributed by atoms with Crippen LogP contribution < -0.4 is 0 Å². The zero-order chi connectivity index (χ0) is 27.0. The molecule has 2 aromatic heterocycles. The molecular formula is C13H7F10N5O6. The Bertz CT molecular complexity index is 1100. The van der Waals surface area contributed by atoms with Gasteiger partial charge in [0.1, 0.15) is 0 Å². The molecule has 0 radical (unpaired) electrons. The molecule has 0 aliphatic heterocycles. The van der Waals surface area contributed by atoms with E-state index in [-0.39, 0.29) is 4.68 Å². The summed E-state index contributed by atoms with van der Waals surface area (Å²) in [5.74, 6) is -9.61. The molecule has 34 heavy (non-hydrogen) atoms. The average Bonchev–Trinajstić information content (AvgIpc) is 3.25. The van der Waals surface area contributed by atoms with Crippen LogP contribution in [-0.4, -0.2) is 59.0 Å². The quantitative estimate of drug-likeness (QED) is 0.347. The molecular weight excluding hydrogens is 512 g/mol. The molecule has 0 aromatic carbocycles. The summed E-state index contributed by atoms with van der Waals surface area (Å²) >= 11 is 0. The van der Waals surface area contributed by atoms with E-state index in [0.717, 1.165) is 0 Å². The maximum absolute atomic E-state index is 13.0. The van der Waals surface area contributed by atoms with Gasteiger partial charge in [0, 0.05) is 7.05 Å². The summed E-state index contributed by atoms with van der Waals surface area (Å²) in [6.07, 6.45) is -11.5. The van der Waals surface area contributed by atoms with Crippen molar-refractivity contribution in [2.75, 3.05) is 0 Å². The Balaban J connectivity index is 0.000000350. The standard InChI is InChI=1S/C7H4F5N3O4.C6H3F5N2O2/c1-14-3(5(16)17)2(15(18)19)4(13-14)6(8,9)7(10,11)12;7-5(8,9)6(10,11)13-3(4(14)15)1-2-12-13/h1H3,(H,16,17);1-2H,(H,14,15). The van der Waals surface area contributed by atoms with Gasteiger partial charge in [-0.3, -0.25) is 14.8 Å². The van der Waals surface area contributed by atoms with E-state index >= 15 is 0 Å². The van der Waals surface area contributed by atoms with Crippen molar-refractivity contribution in [3.8, 4) is 0 Å². The van der Waals surface area contributed by atoms with E-state index in [2.05, 4.69) is 10.2 Å². The third-order valence-corrected chi connectivity index (χ3v) is 3.53. The minimum absolute atomic E-state index is 0.0788. The lowest BCUT2D eigenvalue weighted by atomic mass is 10.2. The fraction of sp³-hybridized carbons (Fsp3) is 0.385. The SMILES string of the molecule is Cn1nc(C(F)(F)C(F)(F)F)c([N+](=O)[O-])c1C(=O)O.O=C(O)c1ccnn1C(F)(F)C(F)(F)F. The molecule has 0 saturated carbocycles. The van der Waals surface area contributed by atoms with Crippen molar-refractivity contribution in [3.05, 3.63) is 39.5 Å². The number of halogens is 10. The number of rotatable bonds is 5. The molecule has 0 atom stereocenters. The first-order valence-electron chi connectivity index (χ1n) is 7.71. The van der Waals surface area contributed by atoms with Gasteiger partial charge in [-0.05, 0) is 6.07 Å². The van der Waals surface area contributed by atoms with Gasteiger partial charge in [0.2, 0.25) is 11.4 Å². The third kappa shape index (κ3) is 5.01. The summed E-state index contributed by atoms with van der Waals surface area (Å²) < 4.78 is 122. The van der Waals surface area contributed by atoms with E-state index in [1.54, 1.807) is 0 Å². The maximum atomic E-state index is 13.0. The van der Waals surface area contributed by atoms with Crippen molar-refractivity contribution in [2.24, 2.45) is 7.05 Å². The van der Waals surface area contributed by atoms with E-state index < -0.39 is 68.6 Å². The summed E-state index contributed by atoms with van der Waals surface area (Å²) in [6.45, 7) is 0. The number of nitrogens with zero attached hydrogens (tertiary/aromatic N) is 5. The van der Waals surface area contributed by atoms with Crippen LogP contribution in [0, 0.1) is 10.1 Å². The Kier molecular flexibility index (Phi) is 7.25. The minimum atomic E-state index is -6.14. The minimum Gasteiger partial charge on any atom is -0.477 e. The van der Waals surface area contributed by atoms with E-state index in [9.17, 15) is 63.6 Å². The van der Waals surface area contributed by atoms with E-state index in [1.165, 1.54) is 0 Å². The Morgan fingerprint density at radius 3 is 1.82 bits per heavy atom. The largest absolute Gasteiger partial charge is 0.477 e. The molecule has 190 valence electrons. The molecule has 0 bridgehead atoms. The fourth-order valence-electron chi connectivity index (χ4n) is 2.08.